The minimum atomic E-state index is -1.06. The molecule has 0 fully saturated rings. The smallest absolute Gasteiger partial charge is 0.405 e. The molecule has 180 valence electrons. The largest absolute Gasteiger partial charge is 0.436 e. The molecule has 0 aromatic heterocycles. The summed E-state index contributed by atoms with van der Waals surface area (Å²) < 4.78 is 5.29. The molecular formula is C26H30ClN3O4. The molecule has 1 aliphatic heterocycles. The van der Waals surface area contributed by atoms with Gasteiger partial charge in [0, 0.05) is 34.2 Å². The van der Waals surface area contributed by atoms with E-state index in [2.05, 4.69) is 25.8 Å². The maximum absolute atomic E-state index is 13.6. The number of benzene rings is 2. The second kappa shape index (κ2) is 10.4. The topological polar surface area (TPSA) is 102 Å². The first-order chi connectivity index (χ1) is 16.0. The molecule has 0 saturated carbocycles. The maximum atomic E-state index is 13.6. The molecular weight excluding hydrogens is 454 g/mol. The number of amidine groups is 1. The van der Waals surface area contributed by atoms with Crippen LogP contribution in [0.15, 0.2) is 53.5 Å². The standard InChI is InChI=1S/C26H30ClN3O4/c1-16(15-26(2,3)4)22(34-25(28)33)24(32)30-14-13-29-23(30)20-8-6-5-7-19(20)21(31)17-9-11-18(27)12-10-17/h5-12,16,22H,13-15H2,1-4H3,(H2,28,33). The summed E-state index contributed by atoms with van der Waals surface area (Å²) in [7, 11) is 0. The van der Waals surface area contributed by atoms with Crippen molar-refractivity contribution in [3.63, 3.8) is 0 Å². The highest BCUT2D eigenvalue weighted by Crippen LogP contribution is 2.29. The number of hydrogen-bond donors (Lipinski definition) is 1. The van der Waals surface area contributed by atoms with Gasteiger partial charge in [0.2, 0.25) is 0 Å². The number of amides is 2. The normalized spacial score (nSPS) is 15.4. The van der Waals surface area contributed by atoms with E-state index in [0.717, 1.165) is 0 Å². The van der Waals surface area contributed by atoms with Gasteiger partial charge in [-0.3, -0.25) is 19.5 Å². The summed E-state index contributed by atoms with van der Waals surface area (Å²) in [6.07, 6.45) is -1.42. The number of rotatable bonds is 7. The van der Waals surface area contributed by atoms with Crippen molar-refractivity contribution >= 4 is 35.2 Å². The van der Waals surface area contributed by atoms with E-state index in [4.69, 9.17) is 22.1 Å². The number of ether oxygens (including phenoxy) is 1. The number of aliphatic imine (C=N–C) groups is 1. The Morgan fingerprint density at radius 3 is 2.38 bits per heavy atom. The van der Waals surface area contributed by atoms with Gasteiger partial charge in [0.05, 0.1) is 6.54 Å². The molecule has 2 aromatic rings. The lowest BCUT2D eigenvalue weighted by Crippen LogP contribution is -2.47. The van der Waals surface area contributed by atoms with Gasteiger partial charge in [0.1, 0.15) is 5.84 Å². The van der Waals surface area contributed by atoms with Crippen molar-refractivity contribution in [3.05, 3.63) is 70.2 Å². The van der Waals surface area contributed by atoms with Gasteiger partial charge in [0.25, 0.3) is 5.91 Å². The summed E-state index contributed by atoms with van der Waals surface area (Å²) in [5, 5.41) is 0.534. The van der Waals surface area contributed by atoms with Crippen LogP contribution in [0.4, 0.5) is 4.79 Å². The minimum Gasteiger partial charge on any atom is -0.436 e. The van der Waals surface area contributed by atoms with E-state index in [0.29, 0.717) is 47.1 Å². The summed E-state index contributed by atoms with van der Waals surface area (Å²) in [6, 6.07) is 13.6. The molecule has 2 N–H and O–H groups in total. The number of ketones is 1. The lowest BCUT2D eigenvalue weighted by Gasteiger charge is -2.31. The molecule has 0 bridgehead atoms. The zero-order valence-corrected chi connectivity index (χ0v) is 20.6. The highest BCUT2D eigenvalue weighted by Gasteiger charge is 2.38. The molecule has 3 rings (SSSR count). The Hall–Kier alpha value is -3.19. The van der Waals surface area contributed by atoms with E-state index in [1.807, 2.05) is 6.92 Å². The average molecular weight is 484 g/mol. The third kappa shape index (κ3) is 6.03. The lowest BCUT2D eigenvalue weighted by molar-refractivity contribution is -0.138. The third-order valence-corrected chi connectivity index (χ3v) is 5.82. The Morgan fingerprint density at radius 2 is 1.76 bits per heavy atom. The number of carbonyl (C=O) groups excluding carboxylic acids is 3. The van der Waals surface area contributed by atoms with Crippen molar-refractivity contribution in [2.45, 2.75) is 40.2 Å². The fourth-order valence-corrected chi connectivity index (χ4v) is 4.41. The van der Waals surface area contributed by atoms with Crippen molar-refractivity contribution in [2.75, 3.05) is 13.1 Å². The Balaban J connectivity index is 1.94. The quantitative estimate of drug-likeness (QED) is 0.576. The second-order valence-corrected chi connectivity index (χ2v) is 10.1. The van der Waals surface area contributed by atoms with Gasteiger partial charge in [-0.15, -0.1) is 0 Å². The van der Waals surface area contributed by atoms with Crippen LogP contribution in [0.25, 0.3) is 0 Å². The van der Waals surface area contributed by atoms with E-state index >= 15 is 0 Å². The summed E-state index contributed by atoms with van der Waals surface area (Å²) in [5.41, 5.74) is 6.64. The Bertz CT molecular complexity index is 1110. The first-order valence-corrected chi connectivity index (χ1v) is 11.6. The molecule has 34 heavy (non-hydrogen) atoms. The Labute approximate surface area is 204 Å². The number of halogens is 1. The molecule has 0 radical (unpaired) electrons. The molecule has 2 aromatic carbocycles. The number of nitrogens with two attached hydrogens (primary N) is 1. The van der Waals surface area contributed by atoms with Gasteiger partial charge in [-0.2, -0.15) is 0 Å². The first kappa shape index (κ1) is 25.4. The van der Waals surface area contributed by atoms with Gasteiger partial charge in [-0.1, -0.05) is 63.6 Å². The molecule has 2 atom stereocenters. The summed E-state index contributed by atoms with van der Waals surface area (Å²) in [6.45, 7) is 8.71. The Morgan fingerprint density at radius 1 is 1.12 bits per heavy atom. The van der Waals surface area contributed by atoms with Crippen LogP contribution in [-0.2, 0) is 9.53 Å². The van der Waals surface area contributed by atoms with Crippen LogP contribution < -0.4 is 5.73 Å². The van der Waals surface area contributed by atoms with Gasteiger partial charge < -0.3 is 10.5 Å². The van der Waals surface area contributed by atoms with Crippen LogP contribution in [-0.4, -0.2) is 47.7 Å². The van der Waals surface area contributed by atoms with Crippen LogP contribution in [0.1, 0.15) is 55.6 Å². The fraction of sp³-hybridized carbons (Fsp3) is 0.385. The van der Waals surface area contributed by atoms with Crippen molar-refractivity contribution in [1.82, 2.24) is 4.90 Å². The zero-order valence-electron chi connectivity index (χ0n) is 19.9. The molecule has 7 nitrogen and oxygen atoms in total. The molecule has 1 aliphatic rings. The number of carbonyl (C=O) groups is 3. The lowest BCUT2D eigenvalue weighted by atomic mass is 9.82. The van der Waals surface area contributed by atoms with Crippen LogP contribution in [0.3, 0.4) is 0 Å². The highest BCUT2D eigenvalue weighted by molar-refractivity contribution is 6.30. The number of nitrogens with zero attached hydrogens (tertiary/aromatic N) is 2. The van der Waals surface area contributed by atoms with E-state index < -0.39 is 18.1 Å². The van der Waals surface area contributed by atoms with Crippen LogP contribution >= 0.6 is 11.6 Å². The number of primary amides is 1. The predicted octanol–water partition coefficient (Wildman–Crippen LogP) is 4.70. The third-order valence-electron chi connectivity index (χ3n) is 5.56. The van der Waals surface area contributed by atoms with Crippen molar-refractivity contribution in [1.29, 1.82) is 0 Å². The predicted molar refractivity (Wildman–Crippen MR) is 132 cm³/mol. The second-order valence-electron chi connectivity index (χ2n) is 9.68. The van der Waals surface area contributed by atoms with Gasteiger partial charge in [-0.25, -0.2) is 4.79 Å². The van der Waals surface area contributed by atoms with Crippen molar-refractivity contribution in [3.8, 4) is 0 Å². The van der Waals surface area contributed by atoms with E-state index in [9.17, 15) is 14.4 Å². The summed E-state index contributed by atoms with van der Waals surface area (Å²) in [5.74, 6) is -0.502. The number of hydrogen-bond acceptors (Lipinski definition) is 5. The van der Waals surface area contributed by atoms with Crippen LogP contribution in [0.5, 0.6) is 0 Å². The van der Waals surface area contributed by atoms with E-state index in [1.165, 1.54) is 4.90 Å². The molecule has 2 amide bonds. The monoisotopic (exact) mass is 483 g/mol. The Kier molecular flexibility index (Phi) is 7.77. The van der Waals surface area contributed by atoms with Gasteiger partial charge >= 0.3 is 6.09 Å². The molecule has 0 spiro atoms. The minimum absolute atomic E-state index is 0.0848. The first-order valence-electron chi connectivity index (χ1n) is 11.2. The van der Waals surface area contributed by atoms with Crippen LogP contribution in [0.2, 0.25) is 5.02 Å². The highest BCUT2D eigenvalue weighted by atomic mass is 35.5. The van der Waals surface area contributed by atoms with Gasteiger partial charge in [0.15, 0.2) is 11.9 Å². The SMILES string of the molecule is CC(CC(C)(C)C)C(OC(N)=O)C(=O)N1CCN=C1c1ccccc1C(=O)c1ccc(Cl)cc1. The fourth-order valence-electron chi connectivity index (χ4n) is 4.29. The molecule has 0 saturated heterocycles. The summed E-state index contributed by atoms with van der Waals surface area (Å²) in [4.78, 5) is 44.5. The van der Waals surface area contributed by atoms with Crippen molar-refractivity contribution < 1.29 is 19.1 Å². The molecule has 2 unspecified atom stereocenters. The zero-order chi connectivity index (χ0) is 25.0. The van der Waals surface area contributed by atoms with E-state index in [1.54, 1.807) is 48.5 Å². The molecule has 1 heterocycles. The molecule has 8 heteroatoms. The van der Waals surface area contributed by atoms with Gasteiger partial charge in [-0.05, 0) is 36.1 Å². The maximum Gasteiger partial charge on any atom is 0.405 e. The summed E-state index contributed by atoms with van der Waals surface area (Å²) >= 11 is 5.96. The average Bonchev–Trinajstić information content (AvgIpc) is 3.25. The van der Waals surface area contributed by atoms with Crippen LogP contribution in [0, 0.1) is 11.3 Å². The molecule has 0 aliphatic carbocycles. The van der Waals surface area contributed by atoms with E-state index in [-0.39, 0.29) is 17.1 Å². The van der Waals surface area contributed by atoms with Crippen molar-refractivity contribution in [2.24, 2.45) is 22.1 Å².